The van der Waals surface area contributed by atoms with Crippen molar-refractivity contribution in [2.45, 2.75) is 50.5 Å². The van der Waals surface area contributed by atoms with E-state index in [1.807, 2.05) is 24.3 Å². The molecule has 0 radical (unpaired) electrons. The number of rotatable bonds is 7. The Balaban J connectivity index is 1.42. The monoisotopic (exact) mass is 335 g/mol. The van der Waals surface area contributed by atoms with Crippen LogP contribution in [0.25, 0.3) is 0 Å². The third kappa shape index (κ3) is 4.70. The SMILES string of the molecule is COc1cccc(COC[C@H](O)CN2CCO[C@@H]3CCCC[C@@H]32)c1. The average molecular weight is 335 g/mol. The van der Waals surface area contributed by atoms with Crippen LogP contribution in [0.1, 0.15) is 31.2 Å². The van der Waals surface area contributed by atoms with Crippen LogP contribution in [0.3, 0.4) is 0 Å². The zero-order valence-corrected chi connectivity index (χ0v) is 14.5. The number of methoxy groups -OCH3 is 1. The van der Waals surface area contributed by atoms with Crippen molar-refractivity contribution >= 4 is 0 Å². The highest BCUT2D eigenvalue weighted by Gasteiger charge is 2.34. The second-order valence-electron chi connectivity index (χ2n) is 6.78. The van der Waals surface area contributed by atoms with E-state index in [-0.39, 0.29) is 0 Å². The quantitative estimate of drug-likeness (QED) is 0.828. The van der Waals surface area contributed by atoms with Crippen LogP contribution in [0.5, 0.6) is 5.75 Å². The zero-order chi connectivity index (χ0) is 16.8. The predicted molar refractivity (Wildman–Crippen MR) is 92.2 cm³/mol. The summed E-state index contributed by atoms with van der Waals surface area (Å²) < 4.78 is 16.8. The Morgan fingerprint density at radius 2 is 2.21 bits per heavy atom. The van der Waals surface area contributed by atoms with E-state index in [1.165, 1.54) is 19.3 Å². The fourth-order valence-corrected chi connectivity index (χ4v) is 3.80. The van der Waals surface area contributed by atoms with Crippen LogP contribution in [0.2, 0.25) is 0 Å². The molecule has 0 spiro atoms. The molecule has 2 aliphatic rings. The fourth-order valence-electron chi connectivity index (χ4n) is 3.80. The minimum atomic E-state index is -0.462. The van der Waals surface area contributed by atoms with Crippen LogP contribution >= 0.6 is 0 Å². The lowest BCUT2D eigenvalue weighted by atomic mass is 9.90. The van der Waals surface area contributed by atoms with Gasteiger partial charge in [0.15, 0.2) is 0 Å². The Morgan fingerprint density at radius 1 is 1.33 bits per heavy atom. The van der Waals surface area contributed by atoms with Crippen LogP contribution in [-0.4, -0.2) is 61.7 Å². The first-order valence-electron chi connectivity index (χ1n) is 9.00. The summed E-state index contributed by atoms with van der Waals surface area (Å²) in [5.74, 6) is 0.827. The number of morpholine rings is 1. The summed E-state index contributed by atoms with van der Waals surface area (Å²) in [6.07, 6.45) is 4.77. The van der Waals surface area contributed by atoms with E-state index < -0.39 is 6.10 Å². The molecule has 24 heavy (non-hydrogen) atoms. The smallest absolute Gasteiger partial charge is 0.119 e. The summed E-state index contributed by atoms with van der Waals surface area (Å²) in [5, 5.41) is 10.3. The molecule has 1 heterocycles. The Bertz CT molecular complexity index is 508. The van der Waals surface area contributed by atoms with Gasteiger partial charge in [-0.15, -0.1) is 0 Å². The van der Waals surface area contributed by atoms with Crippen LogP contribution < -0.4 is 4.74 Å². The minimum Gasteiger partial charge on any atom is -0.497 e. The van der Waals surface area contributed by atoms with Crippen LogP contribution in [-0.2, 0) is 16.1 Å². The molecule has 3 atom stereocenters. The molecule has 5 heteroatoms. The van der Waals surface area contributed by atoms with Gasteiger partial charge in [-0.1, -0.05) is 25.0 Å². The Hall–Kier alpha value is -1.14. The number of ether oxygens (including phenoxy) is 3. The fraction of sp³-hybridized carbons (Fsp3) is 0.684. The van der Waals surface area contributed by atoms with Crippen molar-refractivity contribution in [3.63, 3.8) is 0 Å². The minimum absolute atomic E-state index is 0.353. The Kier molecular flexibility index (Phi) is 6.49. The molecule has 0 aromatic heterocycles. The highest BCUT2D eigenvalue weighted by Crippen LogP contribution is 2.28. The lowest BCUT2D eigenvalue weighted by molar-refractivity contribution is -0.103. The van der Waals surface area contributed by atoms with Gasteiger partial charge >= 0.3 is 0 Å². The molecule has 134 valence electrons. The molecule has 2 fully saturated rings. The van der Waals surface area contributed by atoms with Crippen LogP contribution in [0.4, 0.5) is 0 Å². The second-order valence-corrected chi connectivity index (χ2v) is 6.78. The number of fused-ring (bicyclic) bond motifs is 1. The third-order valence-electron chi connectivity index (χ3n) is 5.01. The van der Waals surface area contributed by atoms with Gasteiger partial charge in [0, 0.05) is 19.1 Å². The van der Waals surface area contributed by atoms with Gasteiger partial charge in [0.25, 0.3) is 0 Å². The van der Waals surface area contributed by atoms with Crippen molar-refractivity contribution in [3.8, 4) is 5.75 Å². The lowest BCUT2D eigenvalue weighted by Gasteiger charge is -2.44. The molecule has 5 nitrogen and oxygen atoms in total. The molecular weight excluding hydrogens is 306 g/mol. The number of aliphatic hydroxyl groups is 1. The molecule has 0 amide bonds. The van der Waals surface area contributed by atoms with Crippen molar-refractivity contribution in [2.24, 2.45) is 0 Å². The van der Waals surface area contributed by atoms with Crippen molar-refractivity contribution in [3.05, 3.63) is 29.8 Å². The molecule has 1 aromatic carbocycles. The number of benzene rings is 1. The van der Waals surface area contributed by atoms with Crippen molar-refractivity contribution in [1.82, 2.24) is 4.90 Å². The van der Waals surface area contributed by atoms with Crippen molar-refractivity contribution in [1.29, 1.82) is 0 Å². The normalized spacial score (nSPS) is 25.9. The van der Waals surface area contributed by atoms with Gasteiger partial charge in [-0.25, -0.2) is 0 Å². The number of β-amino-alcohol motifs (C(OH)–C–C–N with tert-alkyl or cyclic N) is 1. The van der Waals surface area contributed by atoms with Crippen molar-refractivity contribution < 1.29 is 19.3 Å². The maximum atomic E-state index is 10.3. The van der Waals surface area contributed by atoms with E-state index in [9.17, 15) is 5.11 Å². The Labute approximate surface area is 144 Å². The van der Waals surface area contributed by atoms with Gasteiger partial charge in [-0.2, -0.15) is 0 Å². The first-order valence-corrected chi connectivity index (χ1v) is 9.00. The number of hydrogen-bond donors (Lipinski definition) is 1. The van der Waals surface area contributed by atoms with E-state index in [4.69, 9.17) is 14.2 Å². The largest absolute Gasteiger partial charge is 0.497 e. The molecule has 1 aromatic rings. The molecule has 1 aliphatic carbocycles. The molecular formula is C19H29NO4. The summed E-state index contributed by atoms with van der Waals surface area (Å²) in [5.41, 5.74) is 1.06. The van der Waals surface area contributed by atoms with Gasteiger partial charge in [0.05, 0.1) is 39.1 Å². The first-order chi connectivity index (χ1) is 11.8. The average Bonchev–Trinajstić information content (AvgIpc) is 2.62. The van der Waals surface area contributed by atoms with E-state index >= 15 is 0 Å². The predicted octanol–water partition coefficient (Wildman–Crippen LogP) is 2.22. The topological polar surface area (TPSA) is 51.2 Å². The van der Waals surface area contributed by atoms with Gasteiger partial charge in [0.1, 0.15) is 5.75 Å². The number of hydrogen-bond acceptors (Lipinski definition) is 5. The summed E-state index contributed by atoms with van der Waals surface area (Å²) in [6, 6.07) is 8.30. The zero-order valence-electron chi connectivity index (χ0n) is 14.5. The summed E-state index contributed by atoms with van der Waals surface area (Å²) >= 11 is 0. The maximum absolute atomic E-state index is 10.3. The molecule has 0 bridgehead atoms. The third-order valence-corrected chi connectivity index (χ3v) is 5.01. The Morgan fingerprint density at radius 3 is 3.08 bits per heavy atom. The van der Waals surface area contributed by atoms with E-state index in [0.29, 0.717) is 31.9 Å². The van der Waals surface area contributed by atoms with Gasteiger partial charge < -0.3 is 19.3 Å². The number of aliphatic hydroxyl groups excluding tert-OH is 1. The number of nitrogens with zero attached hydrogens (tertiary/aromatic N) is 1. The summed E-state index contributed by atoms with van der Waals surface area (Å²) in [4.78, 5) is 2.40. The van der Waals surface area contributed by atoms with Gasteiger partial charge in [-0.05, 0) is 30.5 Å². The van der Waals surface area contributed by atoms with Crippen molar-refractivity contribution in [2.75, 3.05) is 33.4 Å². The molecule has 1 saturated carbocycles. The standard InChI is InChI=1S/C19H29NO4/c1-22-17-6-4-5-15(11-17)13-23-14-16(21)12-20-9-10-24-19-8-3-2-7-18(19)20/h4-6,11,16,18-19,21H,2-3,7-10,12-14H2,1H3/t16-,18+,19-/m1/s1. The molecule has 1 N–H and O–H groups in total. The summed E-state index contributed by atoms with van der Waals surface area (Å²) in [6.45, 7) is 3.20. The van der Waals surface area contributed by atoms with E-state index in [2.05, 4.69) is 4.90 Å². The summed E-state index contributed by atoms with van der Waals surface area (Å²) in [7, 11) is 1.66. The molecule has 3 rings (SSSR count). The van der Waals surface area contributed by atoms with Gasteiger partial charge in [0.2, 0.25) is 0 Å². The molecule has 1 aliphatic heterocycles. The molecule has 1 saturated heterocycles. The van der Waals surface area contributed by atoms with Crippen LogP contribution in [0.15, 0.2) is 24.3 Å². The second kappa shape index (κ2) is 8.81. The van der Waals surface area contributed by atoms with Gasteiger partial charge in [-0.3, -0.25) is 4.90 Å². The van der Waals surface area contributed by atoms with E-state index in [1.54, 1.807) is 7.11 Å². The lowest BCUT2D eigenvalue weighted by Crippen LogP contribution is -2.54. The van der Waals surface area contributed by atoms with E-state index in [0.717, 1.165) is 30.9 Å². The maximum Gasteiger partial charge on any atom is 0.119 e. The highest BCUT2D eigenvalue weighted by atomic mass is 16.5. The molecule has 0 unspecified atom stereocenters. The first kappa shape index (κ1) is 17.7. The van der Waals surface area contributed by atoms with Crippen LogP contribution in [0, 0.1) is 0 Å². The highest BCUT2D eigenvalue weighted by molar-refractivity contribution is 5.27.